The number of carbonyl (C=O) groups excluding carboxylic acids is 1. The zero-order valence-corrected chi connectivity index (χ0v) is 12.2. The van der Waals surface area contributed by atoms with Gasteiger partial charge in [0.25, 0.3) is 0 Å². The van der Waals surface area contributed by atoms with E-state index in [2.05, 4.69) is 50.5 Å². The monoisotopic (exact) mass is 248 g/mol. The summed E-state index contributed by atoms with van der Waals surface area (Å²) in [7, 11) is 3.46. The van der Waals surface area contributed by atoms with Crippen molar-refractivity contribution in [1.82, 2.24) is 10.6 Å². The summed E-state index contributed by atoms with van der Waals surface area (Å²) in [6.45, 7) is 8.62. The van der Waals surface area contributed by atoms with Gasteiger partial charge in [-0.25, -0.2) is 0 Å². The van der Waals surface area contributed by atoms with Gasteiger partial charge in [-0.05, 0) is 36.1 Å². The van der Waals surface area contributed by atoms with Crippen LogP contribution in [0.25, 0.3) is 0 Å². The lowest BCUT2D eigenvalue weighted by atomic mass is 9.84. The molecule has 1 aromatic rings. The largest absolute Gasteiger partial charge is 0.358 e. The minimum Gasteiger partial charge on any atom is -0.358 e. The molecule has 0 fully saturated rings. The van der Waals surface area contributed by atoms with Crippen LogP contribution in [-0.4, -0.2) is 20.0 Å². The van der Waals surface area contributed by atoms with Crippen LogP contribution >= 0.6 is 0 Å². The fraction of sp³-hybridized carbons (Fsp3) is 0.533. The number of amides is 1. The number of benzene rings is 1. The van der Waals surface area contributed by atoms with Crippen molar-refractivity contribution < 1.29 is 4.79 Å². The molecule has 1 rings (SSSR count). The lowest BCUT2D eigenvalue weighted by molar-refractivity contribution is -0.122. The zero-order valence-electron chi connectivity index (χ0n) is 12.2. The van der Waals surface area contributed by atoms with Crippen LogP contribution < -0.4 is 10.6 Å². The summed E-state index contributed by atoms with van der Waals surface area (Å²) in [5.41, 5.74) is 3.59. The summed E-state index contributed by atoms with van der Waals surface area (Å²) >= 11 is 0. The second kappa shape index (κ2) is 5.53. The Morgan fingerprint density at radius 3 is 2.22 bits per heavy atom. The molecule has 0 radical (unpaired) electrons. The van der Waals surface area contributed by atoms with E-state index >= 15 is 0 Å². The van der Waals surface area contributed by atoms with E-state index in [4.69, 9.17) is 0 Å². The maximum atomic E-state index is 11.8. The molecular formula is C15H24N2O. The van der Waals surface area contributed by atoms with Crippen molar-refractivity contribution >= 4 is 5.91 Å². The average molecular weight is 248 g/mol. The fourth-order valence-corrected chi connectivity index (χ4v) is 2.04. The number of likely N-dealkylation sites (N-methyl/N-ethyl adjacent to an activating group) is 2. The van der Waals surface area contributed by atoms with Gasteiger partial charge in [-0.1, -0.05) is 39.0 Å². The first-order valence-electron chi connectivity index (χ1n) is 6.31. The van der Waals surface area contributed by atoms with E-state index in [9.17, 15) is 4.79 Å². The standard InChI is InChI=1S/C15H24N2O/c1-10-9-11(15(2,3)4)7-8-12(10)13(16-5)14(18)17-6/h7-9,13,16H,1-6H3,(H,17,18). The molecule has 100 valence electrons. The van der Waals surface area contributed by atoms with Gasteiger partial charge in [0.1, 0.15) is 6.04 Å². The van der Waals surface area contributed by atoms with Gasteiger partial charge in [-0.2, -0.15) is 0 Å². The maximum absolute atomic E-state index is 11.8. The average Bonchev–Trinajstić information content (AvgIpc) is 2.30. The van der Waals surface area contributed by atoms with Crippen molar-refractivity contribution in [2.75, 3.05) is 14.1 Å². The molecule has 0 bridgehead atoms. The number of hydrogen-bond acceptors (Lipinski definition) is 2. The smallest absolute Gasteiger partial charge is 0.241 e. The summed E-state index contributed by atoms with van der Waals surface area (Å²) in [6, 6.07) is 6.04. The molecule has 3 heteroatoms. The van der Waals surface area contributed by atoms with E-state index in [0.29, 0.717) is 0 Å². The van der Waals surface area contributed by atoms with Gasteiger partial charge in [0.2, 0.25) is 5.91 Å². The maximum Gasteiger partial charge on any atom is 0.241 e. The number of carbonyl (C=O) groups is 1. The van der Waals surface area contributed by atoms with E-state index in [0.717, 1.165) is 11.1 Å². The third-order valence-electron chi connectivity index (χ3n) is 3.24. The van der Waals surface area contributed by atoms with Gasteiger partial charge in [0.15, 0.2) is 0 Å². The number of hydrogen-bond donors (Lipinski definition) is 2. The molecule has 0 heterocycles. The van der Waals surface area contributed by atoms with Crippen LogP contribution in [0.15, 0.2) is 18.2 Å². The molecule has 1 atom stereocenters. The molecule has 0 aromatic heterocycles. The van der Waals surface area contributed by atoms with Crippen LogP contribution in [0.5, 0.6) is 0 Å². The normalized spacial score (nSPS) is 13.2. The summed E-state index contributed by atoms with van der Waals surface area (Å²) in [5.74, 6) is -0.0101. The van der Waals surface area contributed by atoms with E-state index in [1.165, 1.54) is 5.56 Å². The lowest BCUT2D eigenvalue weighted by Crippen LogP contribution is -2.34. The van der Waals surface area contributed by atoms with Crippen LogP contribution in [0, 0.1) is 6.92 Å². The predicted molar refractivity (Wildman–Crippen MR) is 75.7 cm³/mol. The van der Waals surface area contributed by atoms with Crippen LogP contribution in [-0.2, 0) is 10.2 Å². The molecule has 0 aliphatic carbocycles. The van der Waals surface area contributed by atoms with Gasteiger partial charge >= 0.3 is 0 Å². The van der Waals surface area contributed by atoms with Crippen molar-refractivity contribution in [3.05, 3.63) is 34.9 Å². The highest BCUT2D eigenvalue weighted by atomic mass is 16.2. The molecule has 0 aliphatic heterocycles. The molecular weight excluding hydrogens is 224 g/mol. The Morgan fingerprint density at radius 2 is 1.83 bits per heavy atom. The minimum atomic E-state index is -0.288. The molecule has 1 aromatic carbocycles. The van der Waals surface area contributed by atoms with Crippen molar-refractivity contribution in [2.45, 2.75) is 39.2 Å². The van der Waals surface area contributed by atoms with Crippen molar-refractivity contribution in [1.29, 1.82) is 0 Å². The Morgan fingerprint density at radius 1 is 1.22 bits per heavy atom. The molecule has 18 heavy (non-hydrogen) atoms. The van der Waals surface area contributed by atoms with Crippen molar-refractivity contribution in [3.8, 4) is 0 Å². The molecule has 0 aliphatic rings. The Kier molecular flexibility index (Phi) is 4.52. The summed E-state index contributed by atoms with van der Waals surface area (Å²) in [4.78, 5) is 11.8. The van der Waals surface area contributed by atoms with Gasteiger partial charge in [-0.3, -0.25) is 4.79 Å². The minimum absolute atomic E-state index is 0.0101. The number of rotatable bonds is 3. The second-order valence-corrected chi connectivity index (χ2v) is 5.66. The third-order valence-corrected chi connectivity index (χ3v) is 3.24. The van der Waals surface area contributed by atoms with Crippen molar-refractivity contribution in [2.24, 2.45) is 0 Å². The first-order chi connectivity index (χ1) is 8.31. The highest BCUT2D eigenvalue weighted by Crippen LogP contribution is 2.26. The van der Waals surface area contributed by atoms with Crippen LogP contribution in [0.2, 0.25) is 0 Å². The zero-order chi connectivity index (χ0) is 13.9. The summed E-state index contributed by atoms with van der Waals surface area (Å²) in [5, 5.41) is 5.74. The molecule has 0 saturated carbocycles. The van der Waals surface area contributed by atoms with Crippen molar-refractivity contribution in [3.63, 3.8) is 0 Å². The topological polar surface area (TPSA) is 41.1 Å². The summed E-state index contributed by atoms with van der Waals surface area (Å²) < 4.78 is 0. The Balaban J connectivity index is 3.16. The molecule has 2 N–H and O–H groups in total. The fourth-order valence-electron chi connectivity index (χ4n) is 2.04. The highest BCUT2D eigenvalue weighted by molar-refractivity contribution is 5.83. The Bertz CT molecular complexity index is 433. The molecule has 0 spiro atoms. The first kappa shape index (κ1) is 14.7. The van der Waals surface area contributed by atoms with Gasteiger partial charge in [0, 0.05) is 7.05 Å². The van der Waals surface area contributed by atoms with E-state index in [1.807, 2.05) is 6.07 Å². The first-order valence-corrected chi connectivity index (χ1v) is 6.31. The van der Waals surface area contributed by atoms with Gasteiger partial charge in [0.05, 0.1) is 0 Å². The van der Waals surface area contributed by atoms with Crippen LogP contribution in [0.3, 0.4) is 0 Å². The quantitative estimate of drug-likeness (QED) is 0.862. The third kappa shape index (κ3) is 3.10. The SMILES string of the molecule is CNC(=O)C(NC)c1ccc(C(C)(C)C)cc1C. The number of nitrogens with one attached hydrogen (secondary N) is 2. The van der Waals surface area contributed by atoms with E-state index < -0.39 is 0 Å². The number of aryl methyl sites for hydroxylation is 1. The molecule has 1 amide bonds. The Hall–Kier alpha value is -1.35. The lowest BCUT2D eigenvalue weighted by Gasteiger charge is -2.23. The van der Waals surface area contributed by atoms with Gasteiger partial charge in [-0.15, -0.1) is 0 Å². The van der Waals surface area contributed by atoms with Crippen LogP contribution in [0.4, 0.5) is 0 Å². The molecule has 3 nitrogen and oxygen atoms in total. The highest BCUT2D eigenvalue weighted by Gasteiger charge is 2.21. The second-order valence-electron chi connectivity index (χ2n) is 5.66. The van der Waals surface area contributed by atoms with Crippen LogP contribution in [0.1, 0.15) is 43.5 Å². The predicted octanol–water partition coefficient (Wildman–Crippen LogP) is 2.30. The molecule has 1 unspecified atom stereocenters. The summed E-state index contributed by atoms with van der Waals surface area (Å²) in [6.07, 6.45) is 0. The molecule has 0 saturated heterocycles. The van der Waals surface area contributed by atoms with E-state index in [1.54, 1.807) is 14.1 Å². The van der Waals surface area contributed by atoms with E-state index in [-0.39, 0.29) is 17.4 Å². The Labute approximate surface area is 110 Å². The van der Waals surface area contributed by atoms with Gasteiger partial charge < -0.3 is 10.6 Å².